The second-order valence-electron chi connectivity index (χ2n) is 2.90. The molecular weight excluding hydrogens is 158 g/mol. The largest absolute Gasteiger partial charge is 0.396 e. The Kier molecular flexibility index (Phi) is 2.65. The van der Waals surface area contributed by atoms with Crippen molar-refractivity contribution in [1.82, 2.24) is 0 Å². The van der Waals surface area contributed by atoms with Gasteiger partial charge >= 0.3 is 0 Å². The van der Waals surface area contributed by atoms with Crippen LogP contribution in [0.2, 0.25) is 0 Å². The lowest BCUT2D eigenvalue weighted by Gasteiger charge is -2.22. The maximum atomic E-state index is 8.72. The molecule has 11 heavy (non-hydrogen) atoms. The Balaban J connectivity index is 2.73. The predicted octanol–water partition coefficient (Wildman–Crippen LogP) is 1.30. The van der Waals surface area contributed by atoms with E-state index in [9.17, 15) is 0 Å². The first-order chi connectivity index (χ1) is 5.17. The molecule has 1 atom stereocenters. The number of hydrogen-bond donors (Lipinski definition) is 2. The molecule has 0 radical (unpaired) electrons. The number of thiophene rings is 1. The van der Waals surface area contributed by atoms with E-state index >= 15 is 0 Å². The quantitative estimate of drug-likeness (QED) is 0.720. The molecule has 0 aliphatic rings. The van der Waals surface area contributed by atoms with E-state index in [0.717, 1.165) is 5.56 Å². The van der Waals surface area contributed by atoms with Crippen LogP contribution in [0.15, 0.2) is 16.8 Å². The number of hydrogen-bond acceptors (Lipinski definition) is 3. The van der Waals surface area contributed by atoms with E-state index in [1.54, 1.807) is 11.3 Å². The minimum absolute atomic E-state index is 0.142. The average Bonchev–Trinajstić information content (AvgIpc) is 2.37. The summed E-state index contributed by atoms with van der Waals surface area (Å²) >= 11 is 1.63. The zero-order chi connectivity index (χ0) is 8.32. The molecule has 1 heterocycles. The summed E-state index contributed by atoms with van der Waals surface area (Å²) in [6.45, 7) is 2.08. The molecule has 0 saturated carbocycles. The standard InChI is InChI=1S/C8H13NOS/c1-8(9,3-4-10)7-2-5-11-6-7/h2,5-6,10H,3-4,9H2,1H3/t8-/m1/s1. The maximum Gasteiger partial charge on any atom is 0.0451 e. The van der Waals surface area contributed by atoms with E-state index in [0.29, 0.717) is 6.42 Å². The van der Waals surface area contributed by atoms with E-state index in [4.69, 9.17) is 10.8 Å². The van der Waals surface area contributed by atoms with Crippen molar-refractivity contribution in [1.29, 1.82) is 0 Å². The van der Waals surface area contributed by atoms with Crippen LogP contribution in [-0.2, 0) is 5.54 Å². The molecule has 1 aromatic rings. The molecular formula is C8H13NOS. The summed E-state index contributed by atoms with van der Waals surface area (Å²) in [4.78, 5) is 0. The molecule has 0 amide bonds. The van der Waals surface area contributed by atoms with Gasteiger partial charge < -0.3 is 10.8 Å². The van der Waals surface area contributed by atoms with Gasteiger partial charge in [-0.2, -0.15) is 11.3 Å². The Morgan fingerprint density at radius 1 is 1.73 bits per heavy atom. The van der Waals surface area contributed by atoms with Crippen LogP contribution in [0.5, 0.6) is 0 Å². The van der Waals surface area contributed by atoms with E-state index < -0.39 is 0 Å². The molecule has 0 bridgehead atoms. The van der Waals surface area contributed by atoms with Gasteiger partial charge in [-0.15, -0.1) is 0 Å². The highest BCUT2D eigenvalue weighted by molar-refractivity contribution is 7.08. The summed E-state index contributed by atoms with van der Waals surface area (Å²) < 4.78 is 0. The number of aliphatic hydroxyl groups is 1. The molecule has 0 aliphatic carbocycles. The van der Waals surface area contributed by atoms with Crippen LogP contribution >= 0.6 is 11.3 Å². The molecule has 62 valence electrons. The summed E-state index contributed by atoms with van der Waals surface area (Å²) in [5.74, 6) is 0. The molecule has 2 nitrogen and oxygen atoms in total. The van der Waals surface area contributed by atoms with Crippen LogP contribution < -0.4 is 5.73 Å². The Morgan fingerprint density at radius 3 is 2.91 bits per heavy atom. The van der Waals surface area contributed by atoms with E-state index in [1.165, 1.54) is 0 Å². The van der Waals surface area contributed by atoms with Gasteiger partial charge in [0.05, 0.1) is 0 Å². The van der Waals surface area contributed by atoms with Crippen molar-refractivity contribution in [2.24, 2.45) is 5.73 Å². The lowest BCUT2D eigenvalue weighted by Crippen LogP contribution is -2.33. The highest BCUT2D eigenvalue weighted by Crippen LogP contribution is 2.22. The van der Waals surface area contributed by atoms with Crippen LogP contribution in [-0.4, -0.2) is 11.7 Å². The van der Waals surface area contributed by atoms with Gasteiger partial charge in [-0.05, 0) is 35.7 Å². The molecule has 0 aromatic carbocycles. The van der Waals surface area contributed by atoms with Crippen LogP contribution in [0.1, 0.15) is 18.9 Å². The van der Waals surface area contributed by atoms with Crippen molar-refractivity contribution < 1.29 is 5.11 Å². The van der Waals surface area contributed by atoms with Crippen LogP contribution in [0, 0.1) is 0 Å². The molecule has 0 fully saturated rings. The van der Waals surface area contributed by atoms with E-state index in [1.807, 2.05) is 23.8 Å². The van der Waals surface area contributed by atoms with Gasteiger partial charge in [0, 0.05) is 12.1 Å². The highest BCUT2D eigenvalue weighted by atomic mass is 32.1. The first-order valence-corrected chi connectivity index (χ1v) is 4.53. The SMILES string of the molecule is C[C@@](N)(CCO)c1ccsc1. The molecule has 1 aromatic heterocycles. The lowest BCUT2D eigenvalue weighted by molar-refractivity contribution is 0.247. The van der Waals surface area contributed by atoms with Crippen molar-refractivity contribution in [2.45, 2.75) is 18.9 Å². The van der Waals surface area contributed by atoms with Crippen molar-refractivity contribution in [3.63, 3.8) is 0 Å². The van der Waals surface area contributed by atoms with Gasteiger partial charge in [-0.1, -0.05) is 0 Å². The van der Waals surface area contributed by atoms with Crippen LogP contribution in [0.25, 0.3) is 0 Å². The average molecular weight is 171 g/mol. The van der Waals surface area contributed by atoms with Gasteiger partial charge in [0.25, 0.3) is 0 Å². The molecule has 3 N–H and O–H groups in total. The fourth-order valence-corrected chi connectivity index (χ4v) is 1.76. The molecule has 0 spiro atoms. The molecule has 1 rings (SSSR count). The summed E-state index contributed by atoms with van der Waals surface area (Å²) in [5, 5.41) is 12.7. The molecule has 0 aliphatic heterocycles. The van der Waals surface area contributed by atoms with E-state index in [-0.39, 0.29) is 12.1 Å². The Hall–Kier alpha value is -0.380. The normalized spacial score (nSPS) is 16.3. The summed E-state index contributed by atoms with van der Waals surface area (Å²) in [7, 11) is 0. The third-order valence-corrected chi connectivity index (χ3v) is 2.50. The van der Waals surface area contributed by atoms with Gasteiger partial charge in [0.15, 0.2) is 0 Å². The van der Waals surface area contributed by atoms with Crippen LogP contribution in [0.3, 0.4) is 0 Å². The van der Waals surface area contributed by atoms with Gasteiger partial charge in [0.1, 0.15) is 0 Å². The third kappa shape index (κ3) is 2.02. The third-order valence-electron chi connectivity index (χ3n) is 1.81. The first kappa shape index (κ1) is 8.71. The van der Waals surface area contributed by atoms with Crippen molar-refractivity contribution in [2.75, 3.05) is 6.61 Å². The van der Waals surface area contributed by atoms with Crippen molar-refractivity contribution in [3.05, 3.63) is 22.4 Å². The Morgan fingerprint density at radius 2 is 2.45 bits per heavy atom. The minimum atomic E-state index is -0.366. The monoisotopic (exact) mass is 171 g/mol. The minimum Gasteiger partial charge on any atom is -0.396 e. The summed E-state index contributed by atoms with van der Waals surface area (Å²) in [5.41, 5.74) is 6.68. The molecule has 0 unspecified atom stereocenters. The van der Waals surface area contributed by atoms with Crippen LogP contribution in [0.4, 0.5) is 0 Å². The first-order valence-electron chi connectivity index (χ1n) is 3.59. The zero-order valence-electron chi connectivity index (χ0n) is 6.58. The fraction of sp³-hybridized carbons (Fsp3) is 0.500. The number of nitrogens with two attached hydrogens (primary N) is 1. The van der Waals surface area contributed by atoms with Crippen molar-refractivity contribution >= 4 is 11.3 Å². The Labute approximate surface area is 70.7 Å². The number of rotatable bonds is 3. The second-order valence-corrected chi connectivity index (χ2v) is 3.68. The van der Waals surface area contributed by atoms with Crippen molar-refractivity contribution in [3.8, 4) is 0 Å². The lowest BCUT2D eigenvalue weighted by atomic mass is 9.93. The Bertz CT molecular complexity index is 206. The smallest absolute Gasteiger partial charge is 0.0451 e. The fourth-order valence-electron chi connectivity index (χ4n) is 0.966. The zero-order valence-corrected chi connectivity index (χ0v) is 7.40. The molecule has 0 saturated heterocycles. The number of aliphatic hydroxyl groups excluding tert-OH is 1. The summed E-state index contributed by atoms with van der Waals surface area (Å²) in [6.07, 6.45) is 0.615. The second kappa shape index (κ2) is 3.34. The topological polar surface area (TPSA) is 46.2 Å². The maximum absolute atomic E-state index is 8.72. The predicted molar refractivity (Wildman–Crippen MR) is 47.6 cm³/mol. The van der Waals surface area contributed by atoms with E-state index in [2.05, 4.69) is 0 Å². The van der Waals surface area contributed by atoms with Gasteiger partial charge in [0.2, 0.25) is 0 Å². The summed E-state index contributed by atoms with van der Waals surface area (Å²) in [6, 6.07) is 2.00. The van der Waals surface area contributed by atoms with Gasteiger partial charge in [-0.25, -0.2) is 0 Å². The highest BCUT2D eigenvalue weighted by Gasteiger charge is 2.20. The molecule has 3 heteroatoms. The van der Waals surface area contributed by atoms with Gasteiger partial charge in [-0.3, -0.25) is 0 Å².